The van der Waals surface area contributed by atoms with Crippen molar-refractivity contribution in [3.8, 4) is 0 Å². The molecular formula is C17H23N4O5S+. The van der Waals surface area contributed by atoms with Crippen LogP contribution in [0.5, 0.6) is 0 Å². The van der Waals surface area contributed by atoms with Gasteiger partial charge in [-0.3, -0.25) is 19.3 Å². The zero-order chi connectivity index (χ0) is 19.4. The van der Waals surface area contributed by atoms with Crippen LogP contribution < -0.4 is 11.1 Å². The Morgan fingerprint density at radius 1 is 1.33 bits per heavy atom. The molecule has 4 N–H and O–H groups in total. The number of hydrogen-bond donors (Lipinski definition) is 3. The summed E-state index contributed by atoms with van der Waals surface area (Å²) in [6, 6.07) is -0.656. The lowest BCUT2D eigenvalue weighted by molar-refractivity contribution is -0.940. The summed E-state index contributed by atoms with van der Waals surface area (Å²) in [5.74, 6) is -1.18. The zero-order valence-electron chi connectivity index (χ0n) is 14.8. The predicted molar refractivity (Wildman–Crippen MR) is 95.9 cm³/mol. The molecule has 146 valence electrons. The third-order valence-corrected chi connectivity index (χ3v) is 8.08. The van der Waals surface area contributed by atoms with Gasteiger partial charge in [-0.25, -0.2) is 4.79 Å². The van der Waals surface area contributed by atoms with Gasteiger partial charge in [0.15, 0.2) is 0 Å². The van der Waals surface area contributed by atoms with Gasteiger partial charge in [0.25, 0.3) is 5.91 Å². The number of carboxylic acid groups (broad SMARTS) is 1. The Kier molecular flexibility index (Phi) is 4.22. The zero-order valence-corrected chi connectivity index (χ0v) is 15.7. The van der Waals surface area contributed by atoms with E-state index in [1.54, 1.807) is 0 Å². The van der Waals surface area contributed by atoms with Crippen LogP contribution in [0.15, 0.2) is 11.3 Å². The Hall–Kier alpha value is -2.07. The van der Waals surface area contributed by atoms with Gasteiger partial charge in [-0.05, 0) is 0 Å². The molecule has 5 rings (SSSR count). The number of nitrogens with zero attached hydrogens (tertiary/aromatic N) is 2. The average molecular weight is 395 g/mol. The average Bonchev–Trinajstić information content (AvgIpc) is 2.66. The fourth-order valence-electron chi connectivity index (χ4n) is 4.97. The number of carbonyl (C=O) groups is 4. The Bertz CT molecular complexity index is 742. The van der Waals surface area contributed by atoms with Crippen LogP contribution in [0.25, 0.3) is 0 Å². The summed E-state index contributed by atoms with van der Waals surface area (Å²) in [5.41, 5.74) is 6.04. The molecule has 0 aromatic rings. The molecule has 27 heavy (non-hydrogen) atoms. The molecule has 0 aliphatic carbocycles. The number of rotatable bonds is 6. The van der Waals surface area contributed by atoms with E-state index in [1.165, 1.54) is 16.7 Å². The molecule has 0 saturated carbocycles. The SMILES string of the molecule is NC(=O)C12CC[N+](CC3=C(C(=O)O)N4C(=O)[C@@H](NC=O)[C@H]4SC3)(CC1)CC2. The third kappa shape index (κ3) is 2.65. The van der Waals surface area contributed by atoms with Crippen molar-refractivity contribution in [1.29, 1.82) is 0 Å². The highest BCUT2D eigenvalue weighted by Crippen LogP contribution is 2.46. The molecule has 0 unspecified atom stereocenters. The lowest BCUT2D eigenvalue weighted by Crippen LogP contribution is -2.70. The topological polar surface area (TPSA) is 130 Å². The molecule has 5 aliphatic rings. The van der Waals surface area contributed by atoms with E-state index in [0.717, 1.165) is 49.0 Å². The van der Waals surface area contributed by atoms with Crippen LogP contribution in [0.4, 0.5) is 0 Å². The third-order valence-electron chi connectivity index (χ3n) is 6.74. The summed E-state index contributed by atoms with van der Waals surface area (Å²) in [6.45, 7) is 2.98. The van der Waals surface area contributed by atoms with Gasteiger partial charge in [0.1, 0.15) is 23.7 Å². The van der Waals surface area contributed by atoms with Crippen molar-refractivity contribution in [2.75, 3.05) is 31.9 Å². The van der Waals surface area contributed by atoms with E-state index >= 15 is 0 Å². The largest absolute Gasteiger partial charge is 0.477 e. The van der Waals surface area contributed by atoms with Gasteiger partial charge in [-0.15, -0.1) is 11.8 Å². The Labute approximate surface area is 160 Å². The van der Waals surface area contributed by atoms with Crippen LogP contribution in [0.2, 0.25) is 0 Å². The Morgan fingerprint density at radius 2 is 1.96 bits per heavy atom. The minimum Gasteiger partial charge on any atom is -0.477 e. The van der Waals surface area contributed by atoms with Crippen molar-refractivity contribution in [3.05, 3.63) is 11.3 Å². The first-order valence-electron chi connectivity index (χ1n) is 9.07. The molecule has 5 heterocycles. The Balaban J connectivity index is 1.57. The van der Waals surface area contributed by atoms with Crippen LogP contribution in [0.1, 0.15) is 19.3 Å². The fourth-order valence-corrected chi connectivity index (χ4v) is 6.32. The first kappa shape index (κ1) is 18.3. The second-order valence-corrected chi connectivity index (χ2v) is 9.10. The van der Waals surface area contributed by atoms with Crippen LogP contribution in [0, 0.1) is 5.41 Å². The van der Waals surface area contributed by atoms with Crippen molar-refractivity contribution in [2.24, 2.45) is 11.1 Å². The second-order valence-electron chi connectivity index (χ2n) is 7.99. The number of nitrogens with two attached hydrogens (primary N) is 1. The fraction of sp³-hybridized carbons (Fsp3) is 0.647. The van der Waals surface area contributed by atoms with Crippen molar-refractivity contribution in [3.63, 3.8) is 0 Å². The Morgan fingerprint density at radius 3 is 2.48 bits per heavy atom. The molecule has 4 fully saturated rings. The highest BCUT2D eigenvalue weighted by Gasteiger charge is 2.56. The molecule has 0 aromatic heterocycles. The monoisotopic (exact) mass is 395 g/mol. The van der Waals surface area contributed by atoms with E-state index < -0.39 is 17.4 Å². The van der Waals surface area contributed by atoms with Gasteiger partial charge < -0.3 is 20.6 Å². The minimum atomic E-state index is -1.10. The number of amides is 3. The van der Waals surface area contributed by atoms with E-state index in [4.69, 9.17) is 5.73 Å². The second kappa shape index (κ2) is 6.23. The first-order chi connectivity index (χ1) is 12.8. The normalized spacial score (nSPS) is 37.5. The van der Waals surface area contributed by atoms with Gasteiger partial charge in [0.05, 0.1) is 25.0 Å². The van der Waals surface area contributed by atoms with E-state index in [9.17, 15) is 24.3 Å². The first-order valence-corrected chi connectivity index (χ1v) is 10.1. The van der Waals surface area contributed by atoms with Crippen molar-refractivity contribution < 1.29 is 28.8 Å². The summed E-state index contributed by atoms with van der Waals surface area (Å²) >= 11 is 1.49. The quantitative estimate of drug-likeness (QED) is 0.296. The van der Waals surface area contributed by atoms with E-state index in [-0.39, 0.29) is 22.9 Å². The van der Waals surface area contributed by atoms with Gasteiger partial charge >= 0.3 is 5.97 Å². The molecule has 4 saturated heterocycles. The number of carboxylic acids is 1. The van der Waals surface area contributed by atoms with E-state index in [0.29, 0.717) is 18.7 Å². The maximum Gasteiger partial charge on any atom is 0.352 e. The number of quaternary nitrogens is 1. The number of β-lactam (4-membered cyclic amide) rings is 1. The summed E-state index contributed by atoms with van der Waals surface area (Å²) in [7, 11) is 0. The molecule has 2 bridgehead atoms. The smallest absolute Gasteiger partial charge is 0.352 e. The summed E-state index contributed by atoms with van der Waals surface area (Å²) in [5, 5.41) is 11.9. The highest BCUT2D eigenvalue weighted by atomic mass is 32.2. The summed E-state index contributed by atoms with van der Waals surface area (Å²) in [6.07, 6.45) is 2.69. The van der Waals surface area contributed by atoms with Crippen LogP contribution in [-0.2, 0) is 19.2 Å². The maximum absolute atomic E-state index is 12.4. The number of hydrogen-bond acceptors (Lipinski definition) is 5. The van der Waals surface area contributed by atoms with E-state index in [2.05, 4.69) is 5.32 Å². The number of primary amides is 1. The molecule has 10 heteroatoms. The number of fused-ring (bicyclic) bond motifs is 4. The summed E-state index contributed by atoms with van der Waals surface area (Å²) < 4.78 is 0.754. The number of nitrogens with one attached hydrogen (secondary N) is 1. The molecule has 5 aliphatic heterocycles. The van der Waals surface area contributed by atoms with Gasteiger partial charge in [0, 0.05) is 30.6 Å². The van der Waals surface area contributed by atoms with Crippen molar-refractivity contribution in [2.45, 2.75) is 30.7 Å². The minimum absolute atomic E-state index is 0.0671. The van der Waals surface area contributed by atoms with Gasteiger partial charge in [-0.2, -0.15) is 0 Å². The van der Waals surface area contributed by atoms with Gasteiger partial charge in [-0.1, -0.05) is 0 Å². The maximum atomic E-state index is 12.4. The lowest BCUT2D eigenvalue weighted by Gasteiger charge is -2.55. The number of thioether (sulfide) groups is 1. The lowest BCUT2D eigenvalue weighted by atomic mass is 9.70. The molecule has 2 atom stereocenters. The van der Waals surface area contributed by atoms with E-state index in [1.807, 2.05) is 0 Å². The molecule has 3 amide bonds. The predicted octanol–water partition coefficient (Wildman–Crippen LogP) is -1.16. The molecule has 0 spiro atoms. The molecule has 9 nitrogen and oxygen atoms in total. The molecule has 0 aromatic carbocycles. The van der Waals surface area contributed by atoms with Crippen molar-refractivity contribution in [1.82, 2.24) is 10.2 Å². The number of carbonyl (C=O) groups excluding carboxylic acids is 3. The summed E-state index contributed by atoms with van der Waals surface area (Å²) in [4.78, 5) is 48.1. The molecule has 0 radical (unpaired) electrons. The number of piperidine rings is 3. The van der Waals surface area contributed by atoms with Gasteiger partial charge in [0.2, 0.25) is 12.3 Å². The molecular weight excluding hydrogens is 372 g/mol. The van der Waals surface area contributed by atoms with Crippen molar-refractivity contribution >= 4 is 36.0 Å². The van der Waals surface area contributed by atoms with Crippen LogP contribution >= 0.6 is 11.8 Å². The van der Waals surface area contributed by atoms with Crippen LogP contribution in [-0.4, -0.2) is 82.0 Å². The van der Waals surface area contributed by atoms with Crippen LogP contribution in [0.3, 0.4) is 0 Å². The standard InChI is InChI=1S/C17H22N4O5S/c18-16(26)17-1-4-21(5-2-17,6-3-17)7-10-8-27-14-11(19-9-22)13(23)20(14)12(10)15(24)25/h9,11,14H,1-8H2,(H3-,18,19,22,24,25,26)/p+1/t11-,14-,17?,21?/m1/s1. The highest BCUT2D eigenvalue weighted by molar-refractivity contribution is 8.00. The number of aliphatic carboxylic acids is 1.